The lowest BCUT2D eigenvalue weighted by atomic mass is 10.1. The summed E-state index contributed by atoms with van der Waals surface area (Å²) in [4.78, 5) is 12.0. The second-order valence-corrected chi connectivity index (χ2v) is 5.81. The minimum absolute atomic E-state index is 0.133. The predicted octanol–water partition coefficient (Wildman–Crippen LogP) is 4.63. The van der Waals surface area contributed by atoms with Gasteiger partial charge in [-0.1, -0.05) is 22.0 Å². The lowest BCUT2D eigenvalue weighted by molar-refractivity contribution is -0.137. The molecule has 0 aliphatic carbocycles. The zero-order valence-corrected chi connectivity index (χ0v) is 14.7. The molecule has 1 amide bonds. The fraction of sp³-hybridized carbons (Fsp3) is 0.176. The van der Waals surface area contributed by atoms with Gasteiger partial charge in [-0.3, -0.25) is 4.79 Å². The van der Waals surface area contributed by atoms with Crippen molar-refractivity contribution in [1.29, 1.82) is 0 Å². The SMILES string of the molecule is CCOc1ccc(Br)cc1/C=N\NC(=O)c1cccc(C(F)(F)F)c1. The van der Waals surface area contributed by atoms with Gasteiger partial charge in [0.15, 0.2) is 0 Å². The van der Waals surface area contributed by atoms with Gasteiger partial charge < -0.3 is 4.74 Å². The maximum absolute atomic E-state index is 12.7. The topological polar surface area (TPSA) is 50.7 Å². The number of hydrogen-bond donors (Lipinski definition) is 1. The molecular formula is C17H14BrF3N2O2. The third kappa shape index (κ3) is 5.32. The van der Waals surface area contributed by atoms with E-state index in [4.69, 9.17) is 4.74 Å². The molecule has 132 valence electrons. The number of benzene rings is 2. The number of rotatable bonds is 5. The lowest BCUT2D eigenvalue weighted by Gasteiger charge is -2.08. The molecule has 0 heterocycles. The highest BCUT2D eigenvalue weighted by Gasteiger charge is 2.30. The summed E-state index contributed by atoms with van der Waals surface area (Å²) in [5.41, 5.74) is 1.79. The van der Waals surface area contributed by atoms with Gasteiger partial charge in [-0.2, -0.15) is 18.3 Å². The minimum atomic E-state index is -4.51. The summed E-state index contributed by atoms with van der Waals surface area (Å²) in [5, 5.41) is 3.79. The van der Waals surface area contributed by atoms with Crippen LogP contribution >= 0.6 is 15.9 Å². The first-order chi connectivity index (χ1) is 11.8. The summed E-state index contributed by atoms with van der Waals surface area (Å²) in [6.45, 7) is 2.29. The largest absolute Gasteiger partial charge is 0.493 e. The highest BCUT2D eigenvalue weighted by molar-refractivity contribution is 9.10. The highest BCUT2D eigenvalue weighted by Crippen LogP contribution is 2.29. The lowest BCUT2D eigenvalue weighted by Crippen LogP contribution is -2.18. The van der Waals surface area contributed by atoms with Gasteiger partial charge in [-0.05, 0) is 43.3 Å². The first-order valence-corrected chi connectivity index (χ1v) is 8.03. The molecule has 0 bridgehead atoms. The molecule has 2 aromatic rings. The average molecular weight is 415 g/mol. The molecule has 0 atom stereocenters. The van der Waals surface area contributed by atoms with Gasteiger partial charge in [0.2, 0.25) is 0 Å². The van der Waals surface area contributed by atoms with E-state index in [2.05, 4.69) is 26.5 Å². The van der Waals surface area contributed by atoms with Crippen molar-refractivity contribution in [3.63, 3.8) is 0 Å². The number of ether oxygens (including phenoxy) is 1. The minimum Gasteiger partial charge on any atom is -0.493 e. The Kier molecular flexibility index (Phi) is 6.19. The number of nitrogens with zero attached hydrogens (tertiary/aromatic N) is 1. The quantitative estimate of drug-likeness (QED) is 0.572. The third-order valence-corrected chi connectivity index (χ3v) is 3.59. The zero-order chi connectivity index (χ0) is 18.4. The van der Waals surface area contributed by atoms with E-state index in [-0.39, 0.29) is 5.56 Å². The van der Waals surface area contributed by atoms with Crippen LogP contribution < -0.4 is 10.2 Å². The number of nitrogens with one attached hydrogen (secondary N) is 1. The Morgan fingerprint density at radius 2 is 2.04 bits per heavy atom. The van der Waals surface area contributed by atoms with Crippen molar-refractivity contribution < 1.29 is 22.7 Å². The molecule has 0 aliphatic rings. The Morgan fingerprint density at radius 1 is 1.28 bits per heavy atom. The van der Waals surface area contributed by atoms with E-state index in [0.717, 1.165) is 16.6 Å². The van der Waals surface area contributed by atoms with Gasteiger partial charge in [0.25, 0.3) is 5.91 Å². The number of halogens is 4. The molecule has 0 radical (unpaired) electrons. The summed E-state index contributed by atoms with van der Waals surface area (Å²) < 4.78 is 44.3. The van der Waals surface area contributed by atoms with Gasteiger partial charge >= 0.3 is 6.18 Å². The van der Waals surface area contributed by atoms with Crippen molar-refractivity contribution in [1.82, 2.24) is 5.43 Å². The number of carbonyl (C=O) groups is 1. The Labute approximate surface area is 150 Å². The van der Waals surface area contributed by atoms with Crippen LogP contribution in [0.4, 0.5) is 13.2 Å². The predicted molar refractivity (Wildman–Crippen MR) is 91.8 cm³/mol. The molecule has 0 saturated heterocycles. The maximum atomic E-state index is 12.7. The number of alkyl halides is 3. The Hall–Kier alpha value is -2.35. The van der Waals surface area contributed by atoms with Crippen LogP contribution in [0.1, 0.15) is 28.4 Å². The molecule has 0 aliphatic heterocycles. The van der Waals surface area contributed by atoms with Gasteiger partial charge in [-0.25, -0.2) is 5.43 Å². The van der Waals surface area contributed by atoms with E-state index in [1.54, 1.807) is 18.2 Å². The summed E-state index contributed by atoms with van der Waals surface area (Å²) in [7, 11) is 0. The van der Waals surface area contributed by atoms with Crippen molar-refractivity contribution >= 4 is 28.1 Å². The molecule has 0 spiro atoms. The van der Waals surface area contributed by atoms with Gasteiger partial charge in [-0.15, -0.1) is 0 Å². The number of amides is 1. The van der Waals surface area contributed by atoms with Crippen molar-refractivity contribution in [2.45, 2.75) is 13.1 Å². The monoisotopic (exact) mass is 414 g/mol. The highest BCUT2D eigenvalue weighted by atomic mass is 79.9. The van der Waals surface area contributed by atoms with Gasteiger partial charge in [0.1, 0.15) is 5.75 Å². The van der Waals surface area contributed by atoms with E-state index >= 15 is 0 Å². The van der Waals surface area contributed by atoms with Crippen LogP contribution in [0.3, 0.4) is 0 Å². The van der Waals surface area contributed by atoms with E-state index < -0.39 is 17.6 Å². The average Bonchev–Trinajstić information content (AvgIpc) is 2.56. The molecule has 8 heteroatoms. The molecular weight excluding hydrogens is 401 g/mol. The van der Waals surface area contributed by atoms with Gasteiger partial charge in [0, 0.05) is 15.6 Å². The summed E-state index contributed by atoms with van der Waals surface area (Å²) in [6, 6.07) is 9.40. The van der Waals surface area contributed by atoms with Crippen molar-refractivity contribution in [2.24, 2.45) is 5.10 Å². The van der Waals surface area contributed by atoms with E-state index in [1.165, 1.54) is 18.3 Å². The van der Waals surface area contributed by atoms with Crippen molar-refractivity contribution in [3.05, 3.63) is 63.6 Å². The molecule has 2 aromatic carbocycles. The molecule has 0 aromatic heterocycles. The molecule has 0 fully saturated rings. The molecule has 0 unspecified atom stereocenters. The number of hydrogen-bond acceptors (Lipinski definition) is 3. The standard InChI is InChI=1S/C17H14BrF3N2O2/c1-2-25-15-7-6-14(18)9-12(15)10-22-23-16(24)11-4-3-5-13(8-11)17(19,20)21/h3-10H,2H2,1H3,(H,23,24)/b22-10-. The Morgan fingerprint density at radius 3 is 2.72 bits per heavy atom. The van der Waals surface area contributed by atoms with Crippen LogP contribution in [0.2, 0.25) is 0 Å². The molecule has 25 heavy (non-hydrogen) atoms. The van der Waals surface area contributed by atoms with Gasteiger partial charge in [0.05, 0.1) is 18.4 Å². The summed E-state index contributed by atoms with van der Waals surface area (Å²) in [5.74, 6) is -0.168. The zero-order valence-electron chi connectivity index (χ0n) is 13.1. The van der Waals surface area contributed by atoms with Crippen molar-refractivity contribution in [2.75, 3.05) is 6.61 Å². The molecule has 0 saturated carbocycles. The molecule has 4 nitrogen and oxygen atoms in total. The van der Waals surface area contributed by atoms with Crippen LogP contribution in [0.15, 0.2) is 52.0 Å². The maximum Gasteiger partial charge on any atom is 0.416 e. The van der Waals surface area contributed by atoms with Crippen LogP contribution in [0.5, 0.6) is 5.75 Å². The smallest absolute Gasteiger partial charge is 0.416 e. The Bertz CT molecular complexity index is 792. The normalized spacial score (nSPS) is 11.6. The van der Waals surface area contributed by atoms with E-state index in [9.17, 15) is 18.0 Å². The van der Waals surface area contributed by atoms with Crippen LogP contribution in [-0.4, -0.2) is 18.7 Å². The number of carbonyl (C=O) groups excluding carboxylic acids is 1. The van der Waals surface area contributed by atoms with Crippen LogP contribution in [-0.2, 0) is 6.18 Å². The van der Waals surface area contributed by atoms with Crippen LogP contribution in [0, 0.1) is 0 Å². The molecule has 2 rings (SSSR count). The fourth-order valence-electron chi connectivity index (χ4n) is 1.97. The number of hydrazone groups is 1. The summed E-state index contributed by atoms with van der Waals surface area (Å²) >= 11 is 3.32. The Balaban J connectivity index is 2.12. The van der Waals surface area contributed by atoms with E-state index in [0.29, 0.717) is 17.9 Å². The fourth-order valence-corrected chi connectivity index (χ4v) is 2.35. The summed E-state index contributed by atoms with van der Waals surface area (Å²) in [6.07, 6.45) is -3.15. The first-order valence-electron chi connectivity index (χ1n) is 7.24. The molecule has 1 N–H and O–H groups in total. The van der Waals surface area contributed by atoms with E-state index in [1.807, 2.05) is 6.92 Å². The second kappa shape index (κ2) is 8.15. The first kappa shape index (κ1) is 19.0. The third-order valence-electron chi connectivity index (χ3n) is 3.09. The van der Waals surface area contributed by atoms with Crippen molar-refractivity contribution in [3.8, 4) is 5.75 Å². The second-order valence-electron chi connectivity index (χ2n) is 4.89. The van der Waals surface area contributed by atoms with Crippen LogP contribution in [0.25, 0.3) is 0 Å².